The van der Waals surface area contributed by atoms with E-state index in [1.165, 1.54) is 42.7 Å². The molecule has 0 radical (unpaired) electrons. The van der Waals surface area contributed by atoms with Crippen molar-refractivity contribution >= 4 is 17.4 Å². The maximum atomic E-state index is 6.02. The molecule has 3 heteroatoms. The van der Waals surface area contributed by atoms with E-state index in [2.05, 4.69) is 43.4 Å². The molecule has 2 fully saturated rings. The van der Waals surface area contributed by atoms with Gasteiger partial charge in [0.2, 0.25) is 0 Å². The predicted octanol–water partition coefficient (Wildman–Crippen LogP) is 4.95. The summed E-state index contributed by atoms with van der Waals surface area (Å²) in [6.45, 7) is 5.19. The Hall–Kier alpha value is -0.670. The number of hydrogen-bond acceptors (Lipinski definition) is 3. The lowest BCUT2D eigenvalue weighted by Gasteiger charge is -2.54. The Balaban J connectivity index is 1.73. The van der Waals surface area contributed by atoms with Gasteiger partial charge >= 0.3 is 0 Å². The fourth-order valence-corrected chi connectivity index (χ4v) is 4.91. The molecule has 2 saturated carbocycles. The summed E-state index contributed by atoms with van der Waals surface area (Å²) < 4.78 is 6.02. The van der Waals surface area contributed by atoms with Crippen molar-refractivity contribution in [2.45, 2.75) is 63.0 Å². The highest BCUT2D eigenvalue weighted by Gasteiger charge is 2.56. The quantitative estimate of drug-likeness (QED) is 0.751. The number of para-hydroxylation sites is 1. The standard InChI is InChI=1S/C18H27NOS/c1-3-20-17-13-16(18(17)11-7-8-12-18)19-14-9-5-6-10-15(14)21-4-2/h5-6,9-10,16-17,19H,3-4,7-8,11-13H2,1-2H3. The summed E-state index contributed by atoms with van der Waals surface area (Å²) >= 11 is 1.93. The summed E-state index contributed by atoms with van der Waals surface area (Å²) in [5, 5.41) is 3.85. The lowest BCUT2D eigenvalue weighted by atomic mass is 9.60. The van der Waals surface area contributed by atoms with Gasteiger partial charge in [0, 0.05) is 28.6 Å². The van der Waals surface area contributed by atoms with Crippen molar-refractivity contribution in [2.75, 3.05) is 17.7 Å². The molecule has 1 spiro atoms. The van der Waals surface area contributed by atoms with Crippen LogP contribution in [0, 0.1) is 5.41 Å². The van der Waals surface area contributed by atoms with Crippen molar-refractivity contribution in [2.24, 2.45) is 5.41 Å². The molecule has 2 nitrogen and oxygen atoms in total. The minimum atomic E-state index is 0.403. The Morgan fingerprint density at radius 1 is 1.24 bits per heavy atom. The van der Waals surface area contributed by atoms with Gasteiger partial charge in [-0.25, -0.2) is 0 Å². The van der Waals surface area contributed by atoms with Crippen LogP contribution < -0.4 is 5.32 Å². The molecule has 2 atom stereocenters. The fraction of sp³-hybridized carbons (Fsp3) is 0.667. The van der Waals surface area contributed by atoms with Gasteiger partial charge in [0.05, 0.1) is 6.10 Å². The second-order valence-corrected chi connectivity index (χ2v) is 7.55. The molecule has 0 aromatic heterocycles. The van der Waals surface area contributed by atoms with Gasteiger partial charge in [0.15, 0.2) is 0 Å². The van der Waals surface area contributed by atoms with Crippen LogP contribution in [0.1, 0.15) is 46.0 Å². The first-order valence-electron chi connectivity index (χ1n) is 8.40. The number of ether oxygens (including phenoxy) is 1. The first kappa shape index (κ1) is 15.2. The van der Waals surface area contributed by atoms with Gasteiger partial charge in [-0.2, -0.15) is 0 Å². The van der Waals surface area contributed by atoms with Crippen LogP contribution in [0.15, 0.2) is 29.2 Å². The molecule has 1 N–H and O–H groups in total. The Kier molecular flexibility index (Phi) is 4.80. The van der Waals surface area contributed by atoms with Crippen molar-refractivity contribution < 1.29 is 4.74 Å². The van der Waals surface area contributed by atoms with E-state index < -0.39 is 0 Å². The molecule has 2 aliphatic rings. The van der Waals surface area contributed by atoms with Crippen molar-refractivity contribution in [3.05, 3.63) is 24.3 Å². The minimum Gasteiger partial charge on any atom is -0.381 e. The third-order valence-corrected chi connectivity index (χ3v) is 6.16. The number of rotatable bonds is 6. The Morgan fingerprint density at radius 3 is 2.71 bits per heavy atom. The van der Waals surface area contributed by atoms with Crippen LogP contribution >= 0.6 is 11.8 Å². The van der Waals surface area contributed by atoms with Gasteiger partial charge in [-0.05, 0) is 44.1 Å². The number of benzene rings is 1. The van der Waals surface area contributed by atoms with Crippen LogP contribution in [0.25, 0.3) is 0 Å². The molecule has 1 aromatic rings. The van der Waals surface area contributed by atoms with Gasteiger partial charge in [-0.15, -0.1) is 11.8 Å². The topological polar surface area (TPSA) is 21.3 Å². The minimum absolute atomic E-state index is 0.403. The number of thioether (sulfide) groups is 1. The fourth-order valence-electron chi connectivity index (χ4n) is 4.14. The van der Waals surface area contributed by atoms with E-state index in [9.17, 15) is 0 Å². The number of hydrogen-bond donors (Lipinski definition) is 1. The predicted molar refractivity (Wildman–Crippen MR) is 91.2 cm³/mol. The molecule has 21 heavy (non-hydrogen) atoms. The zero-order valence-electron chi connectivity index (χ0n) is 13.2. The number of anilines is 1. The first-order valence-corrected chi connectivity index (χ1v) is 9.38. The normalized spacial score (nSPS) is 26.8. The second kappa shape index (κ2) is 6.62. The SMILES string of the molecule is CCOC1CC(Nc2ccccc2SCC)C12CCCC2. The van der Waals surface area contributed by atoms with Crippen molar-refractivity contribution in [1.82, 2.24) is 0 Å². The van der Waals surface area contributed by atoms with Gasteiger partial charge < -0.3 is 10.1 Å². The maximum absolute atomic E-state index is 6.02. The second-order valence-electron chi connectivity index (χ2n) is 6.25. The van der Waals surface area contributed by atoms with Gasteiger partial charge in [0.1, 0.15) is 0 Å². The Bertz CT molecular complexity index is 470. The molecule has 0 amide bonds. The molecular weight excluding hydrogens is 278 g/mol. The highest BCUT2D eigenvalue weighted by molar-refractivity contribution is 7.99. The molecule has 3 rings (SSSR count). The highest BCUT2D eigenvalue weighted by atomic mass is 32.2. The molecule has 116 valence electrons. The molecular formula is C18H27NOS. The molecule has 2 unspecified atom stereocenters. The summed E-state index contributed by atoms with van der Waals surface area (Å²) in [5.74, 6) is 1.12. The van der Waals surface area contributed by atoms with Crippen molar-refractivity contribution in [3.8, 4) is 0 Å². The maximum Gasteiger partial charge on any atom is 0.0670 e. The zero-order chi connectivity index (χ0) is 14.7. The van der Waals surface area contributed by atoms with E-state index in [0.717, 1.165) is 12.4 Å². The van der Waals surface area contributed by atoms with Gasteiger partial charge in [-0.1, -0.05) is 31.9 Å². The Morgan fingerprint density at radius 2 is 2.00 bits per heavy atom. The molecule has 1 aromatic carbocycles. The van der Waals surface area contributed by atoms with E-state index in [1.807, 2.05) is 11.8 Å². The summed E-state index contributed by atoms with van der Waals surface area (Å²) in [5.41, 5.74) is 1.72. The van der Waals surface area contributed by atoms with Gasteiger partial charge in [0.25, 0.3) is 0 Å². The average molecular weight is 305 g/mol. The molecule has 0 heterocycles. The van der Waals surface area contributed by atoms with Crippen LogP contribution in [0.3, 0.4) is 0 Å². The average Bonchev–Trinajstić information content (AvgIpc) is 3.01. The van der Waals surface area contributed by atoms with Crippen LogP contribution in [0.4, 0.5) is 5.69 Å². The molecule has 0 aliphatic heterocycles. The van der Waals surface area contributed by atoms with E-state index in [0.29, 0.717) is 17.6 Å². The zero-order valence-corrected chi connectivity index (χ0v) is 14.0. The van der Waals surface area contributed by atoms with Gasteiger partial charge in [-0.3, -0.25) is 0 Å². The third-order valence-electron chi connectivity index (χ3n) is 5.20. The van der Waals surface area contributed by atoms with Crippen LogP contribution in [-0.2, 0) is 4.74 Å². The summed E-state index contributed by atoms with van der Waals surface area (Å²) in [6.07, 6.45) is 7.05. The van der Waals surface area contributed by atoms with Crippen molar-refractivity contribution in [1.29, 1.82) is 0 Å². The van der Waals surface area contributed by atoms with Crippen LogP contribution in [0.5, 0.6) is 0 Å². The molecule has 2 aliphatic carbocycles. The monoisotopic (exact) mass is 305 g/mol. The lowest BCUT2D eigenvalue weighted by Crippen LogP contribution is -2.60. The number of nitrogens with one attached hydrogen (secondary N) is 1. The summed E-state index contributed by atoms with van der Waals surface area (Å²) in [6, 6.07) is 9.33. The van der Waals surface area contributed by atoms with E-state index in [1.54, 1.807) is 0 Å². The van der Waals surface area contributed by atoms with Crippen LogP contribution in [0.2, 0.25) is 0 Å². The summed E-state index contributed by atoms with van der Waals surface area (Å²) in [4.78, 5) is 1.38. The van der Waals surface area contributed by atoms with Crippen LogP contribution in [-0.4, -0.2) is 24.5 Å². The van der Waals surface area contributed by atoms with E-state index in [4.69, 9.17) is 4.74 Å². The summed E-state index contributed by atoms with van der Waals surface area (Å²) in [7, 11) is 0. The lowest BCUT2D eigenvalue weighted by molar-refractivity contribution is -0.114. The largest absolute Gasteiger partial charge is 0.381 e. The smallest absolute Gasteiger partial charge is 0.0670 e. The molecule has 0 bridgehead atoms. The highest BCUT2D eigenvalue weighted by Crippen LogP contribution is 2.55. The van der Waals surface area contributed by atoms with E-state index in [-0.39, 0.29) is 0 Å². The van der Waals surface area contributed by atoms with E-state index >= 15 is 0 Å². The third kappa shape index (κ3) is 2.83. The van der Waals surface area contributed by atoms with Crippen molar-refractivity contribution in [3.63, 3.8) is 0 Å². The molecule has 0 saturated heterocycles. The first-order chi connectivity index (χ1) is 10.3. The Labute approximate surface area is 133 Å².